The van der Waals surface area contributed by atoms with Crippen molar-refractivity contribution in [1.29, 1.82) is 0 Å². The van der Waals surface area contributed by atoms with Gasteiger partial charge in [-0.25, -0.2) is 13.6 Å². The maximum absolute atomic E-state index is 13.6. The summed E-state index contributed by atoms with van der Waals surface area (Å²) < 4.78 is 37.3. The van der Waals surface area contributed by atoms with Gasteiger partial charge in [0.25, 0.3) is 0 Å². The predicted octanol–water partition coefficient (Wildman–Crippen LogP) is 3.56. The van der Waals surface area contributed by atoms with Gasteiger partial charge in [0.15, 0.2) is 11.6 Å². The molecule has 0 aromatic heterocycles. The monoisotopic (exact) mass is 436 g/mol. The van der Waals surface area contributed by atoms with Crippen molar-refractivity contribution in [2.75, 3.05) is 13.7 Å². The Morgan fingerprint density at radius 1 is 1.10 bits per heavy atom. The van der Waals surface area contributed by atoms with Gasteiger partial charge in [-0.15, -0.1) is 0 Å². The molecule has 2 rings (SSSR count). The molecule has 0 aliphatic heterocycles. The molecule has 1 amide bonds. The lowest BCUT2D eigenvalue weighted by Crippen LogP contribution is -2.49. The van der Waals surface area contributed by atoms with Gasteiger partial charge in [0.2, 0.25) is 0 Å². The topological polar surface area (TPSA) is 79.8 Å². The third-order valence-electron chi connectivity index (χ3n) is 4.42. The highest BCUT2D eigenvalue weighted by Gasteiger charge is 2.25. The first-order valence-corrected chi connectivity index (χ1v) is 10.0. The van der Waals surface area contributed by atoms with Crippen LogP contribution >= 0.6 is 0 Å². The van der Waals surface area contributed by atoms with Gasteiger partial charge in [-0.2, -0.15) is 0 Å². The molecule has 0 radical (unpaired) electrons. The van der Waals surface area contributed by atoms with Crippen LogP contribution in [0, 0.1) is 11.6 Å². The first-order chi connectivity index (χ1) is 14.6. The van der Waals surface area contributed by atoms with E-state index in [0.29, 0.717) is 12.1 Å². The zero-order valence-electron chi connectivity index (χ0n) is 18.2. The minimum absolute atomic E-state index is 0.0957. The largest absolute Gasteiger partial charge is 0.497 e. The summed E-state index contributed by atoms with van der Waals surface area (Å²) >= 11 is 0. The van der Waals surface area contributed by atoms with Gasteiger partial charge >= 0.3 is 6.09 Å². The fraction of sp³-hybridized carbons (Fsp3) is 0.435. The summed E-state index contributed by atoms with van der Waals surface area (Å²) in [6.07, 6.45) is -1.61. The van der Waals surface area contributed by atoms with Crippen LogP contribution in [0.15, 0.2) is 42.5 Å². The van der Waals surface area contributed by atoms with E-state index in [4.69, 9.17) is 9.47 Å². The van der Waals surface area contributed by atoms with Gasteiger partial charge in [0.1, 0.15) is 11.4 Å². The molecule has 2 aromatic carbocycles. The van der Waals surface area contributed by atoms with E-state index in [1.54, 1.807) is 27.9 Å². The van der Waals surface area contributed by atoms with Gasteiger partial charge in [0.05, 0.1) is 19.3 Å². The van der Waals surface area contributed by atoms with Crippen molar-refractivity contribution in [3.63, 3.8) is 0 Å². The molecule has 31 heavy (non-hydrogen) atoms. The number of alkyl carbamates (subject to hydrolysis) is 1. The molecule has 0 bridgehead atoms. The molecule has 6 nitrogen and oxygen atoms in total. The number of amides is 1. The molecule has 2 atom stereocenters. The van der Waals surface area contributed by atoms with Gasteiger partial charge in [-0.05, 0) is 62.6 Å². The molecule has 0 spiro atoms. The Bertz CT molecular complexity index is 871. The van der Waals surface area contributed by atoms with E-state index < -0.39 is 35.5 Å². The lowest BCUT2D eigenvalue weighted by Gasteiger charge is -2.27. The van der Waals surface area contributed by atoms with Crippen molar-refractivity contribution in [3.05, 3.63) is 65.2 Å². The van der Waals surface area contributed by atoms with Gasteiger partial charge in [-0.3, -0.25) is 0 Å². The summed E-state index contributed by atoms with van der Waals surface area (Å²) in [6.45, 7) is 5.80. The number of ether oxygens (including phenoxy) is 2. The summed E-state index contributed by atoms with van der Waals surface area (Å²) in [6, 6.07) is 10.2. The van der Waals surface area contributed by atoms with Crippen molar-refractivity contribution >= 4 is 6.09 Å². The van der Waals surface area contributed by atoms with Crippen LogP contribution in [0.4, 0.5) is 13.6 Å². The Hall–Kier alpha value is -2.71. The molecular formula is C23H30F2N2O4. The Labute approximate surface area is 181 Å². The second-order valence-corrected chi connectivity index (χ2v) is 8.26. The van der Waals surface area contributed by atoms with E-state index in [9.17, 15) is 18.7 Å². The van der Waals surface area contributed by atoms with E-state index in [-0.39, 0.29) is 13.0 Å². The molecule has 170 valence electrons. The first kappa shape index (κ1) is 24.6. The number of halogens is 2. The summed E-state index contributed by atoms with van der Waals surface area (Å²) in [7, 11) is 1.58. The van der Waals surface area contributed by atoms with Crippen molar-refractivity contribution in [2.24, 2.45) is 0 Å². The molecule has 0 aliphatic rings. The normalized spacial score (nSPS) is 13.4. The van der Waals surface area contributed by atoms with Crippen molar-refractivity contribution < 1.29 is 28.2 Å². The average molecular weight is 436 g/mol. The van der Waals surface area contributed by atoms with Gasteiger partial charge in [-0.1, -0.05) is 18.2 Å². The van der Waals surface area contributed by atoms with Crippen LogP contribution in [0.5, 0.6) is 5.75 Å². The fourth-order valence-corrected chi connectivity index (χ4v) is 2.95. The van der Waals surface area contributed by atoms with E-state index in [2.05, 4.69) is 10.6 Å². The van der Waals surface area contributed by atoms with Crippen molar-refractivity contribution in [1.82, 2.24) is 10.6 Å². The third-order valence-corrected chi connectivity index (χ3v) is 4.42. The summed E-state index contributed by atoms with van der Waals surface area (Å²) in [5.41, 5.74) is 0.683. The maximum atomic E-state index is 13.6. The highest BCUT2D eigenvalue weighted by molar-refractivity contribution is 5.68. The Morgan fingerprint density at radius 3 is 2.48 bits per heavy atom. The number of carbonyl (C=O) groups excluding carboxylic acids is 1. The van der Waals surface area contributed by atoms with Crippen LogP contribution in [0.1, 0.15) is 31.9 Å². The Kier molecular flexibility index (Phi) is 8.76. The standard InChI is InChI=1S/C23H30F2N2O4/c1-23(2,3)31-22(29)27-20(12-15-8-9-18(24)19(25)11-15)21(28)14-26-13-16-6-5-7-17(10-16)30-4/h5-11,20-21,26,28H,12-14H2,1-4H3,(H,27,29). The molecule has 2 aromatic rings. The number of benzene rings is 2. The number of nitrogens with one attached hydrogen (secondary N) is 2. The van der Waals surface area contributed by atoms with Crippen LogP contribution in [0.25, 0.3) is 0 Å². The van der Waals surface area contributed by atoms with E-state index in [1.165, 1.54) is 6.07 Å². The summed E-state index contributed by atoms with van der Waals surface area (Å²) in [5, 5.41) is 16.5. The summed E-state index contributed by atoms with van der Waals surface area (Å²) in [4.78, 5) is 12.2. The van der Waals surface area contributed by atoms with Crippen LogP contribution in [0.3, 0.4) is 0 Å². The maximum Gasteiger partial charge on any atom is 0.407 e. The minimum Gasteiger partial charge on any atom is -0.497 e. The van der Waals surface area contributed by atoms with Crippen molar-refractivity contribution in [3.8, 4) is 5.75 Å². The Morgan fingerprint density at radius 2 is 1.84 bits per heavy atom. The molecule has 2 unspecified atom stereocenters. The van der Waals surface area contributed by atoms with Crippen molar-refractivity contribution in [2.45, 2.75) is 51.5 Å². The van der Waals surface area contributed by atoms with E-state index in [1.807, 2.05) is 24.3 Å². The number of methoxy groups -OCH3 is 1. The fourth-order valence-electron chi connectivity index (χ4n) is 2.95. The average Bonchev–Trinajstić information content (AvgIpc) is 2.69. The number of aliphatic hydroxyl groups is 1. The predicted molar refractivity (Wildman–Crippen MR) is 114 cm³/mol. The molecule has 3 N–H and O–H groups in total. The van der Waals surface area contributed by atoms with Gasteiger partial charge < -0.3 is 25.2 Å². The van der Waals surface area contributed by atoms with Crippen LogP contribution in [-0.2, 0) is 17.7 Å². The highest BCUT2D eigenvalue weighted by Crippen LogP contribution is 2.14. The lowest BCUT2D eigenvalue weighted by molar-refractivity contribution is 0.0422. The number of rotatable bonds is 9. The molecule has 0 heterocycles. The zero-order chi connectivity index (χ0) is 23.0. The number of carbonyl (C=O) groups is 1. The SMILES string of the molecule is COc1cccc(CNCC(O)C(Cc2ccc(F)c(F)c2)NC(=O)OC(C)(C)C)c1. The Balaban J connectivity index is 2.04. The van der Waals surface area contributed by atoms with Crippen LogP contribution < -0.4 is 15.4 Å². The van der Waals surface area contributed by atoms with E-state index >= 15 is 0 Å². The lowest BCUT2D eigenvalue weighted by atomic mass is 10.0. The molecule has 0 saturated heterocycles. The third kappa shape index (κ3) is 8.51. The molecule has 0 fully saturated rings. The zero-order valence-corrected chi connectivity index (χ0v) is 18.2. The molecule has 8 heteroatoms. The number of aliphatic hydroxyl groups excluding tert-OH is 1. The second-order valence-electron chi connectivity index (χ2n) is 8.26. The minimum atomic E-state index is -1.01. The highest BCUT2D eigenvalue weighted by atomic mass is 19.2. The van der Waals surface area contributed by atoms with Crippen LogP contribution in [0.2, 0.25) is 0 Å². The molecular weight excluding hydrogens is 406 g/mol. The number of hydrogen-bond acceptors (Lipinski definition) is 5. The van der Waals surface area contributed by atoms with Gasteiger partial charge in [0, 0.05) is 13.1 Å². The van der Waals surface area contributed by atoms with Crippen LogP contribution in [-0.4, -0.2) is 42.6 Å². The smallest absolute Gasteiger partial charge is 0.407 e. The number of hydrogen-bond donors (Lipinski definition) is 3. The summed E-state index contributed by atoms with van der Waals surface area (Å²) in [5.74, 6) is -1.22. The quantitative estimate of drug-likeness (QED) is 0.560. The van der Waals surface area contributed by atoms with E-state index in [0.717, 1.165) is 23.4 Å². The first-order valence-electron chi connectivity index (χ1n) is 10.0. The molecule has 0 aliphatic carbocycles. The second kappa shape index (κ2) is 11.1. The molecule has 0 saturated carbocycles.